The molecule has 1 aliphatic rings. The zero-order chi connectivity index (χ0) is 13.2. The summed E-state index contributed by atoms with van der Waals surface area (Å²) in [6, 6.07) is 0.0659. The fourth-order valence-electron chi connectivity index (χ4n) is 2.13. The van der Waals surface area contributed by atoms with Crippen LogP contribution in [0.3, 0.4) is 0 Å². The number of hydrogen-bond acceptors (Lipinski definition) is 3. The Balaban J connectivity index is 2.79. The lowest BCUT2D eigenvalue weighted by atomic mass is 9.89. The van der Waals surface area contributed by atoms with Crippen molar-refractivity contribution < 1.29 is 14.7 Å². The number of carboxylic acids is 1. The van der Waals surface area contributed by atoms with Gasteiger partial charge in [-0.25, -0.2) is 0 Å². The van der Waals surface area contributed by atoms with Crippen molar-refractivity contribution in [3.8, 4) is 0 Å². The molecule has 2 unspecified atom stereocenters. The van der Waals surface area contributed by atoms with Crippen molar-refractivity contribution in [2.75, 3.05) is 20.1 Å². The number of likely N-dealkylation sites (tertiary alicyclic amines) is 1. The molecule has 0 aromatic rings. The maximum atomic E-state index is 12.2. The minimum Gasteiger partial charge on any atom is -0.481 e. The maximum absolute atomic E-state index is 12.2. The number of likely N-dealkylation sites (N-methyl/N-ethyl adjacent to an activating group) is 1. The number of carbonyl (C=O) groups excluding carboxylic acids is 1. The fourth-order valence-corrected chi connectivity index (χ4v) is 2.13. The summed E-state index contributed by atoms with van der Waals surface area (Å²) < 4.78 is 0. The van der Waals surface area contributed by atoms with Crippen molar-refractivity contribution >= 4 is 11.9 Å². The van der Waals surface area contributed by atoms with E-state index in [2.05, 4.69) is 5.32 Å². The lowest BCUT2D eigenvalue weighted by Crippen LogP contribution is -2.54. The molecule has 1 rings (SSSR count). The molecule has 0 aromatic carbocycles. The van der Waals surface area contributed by atoms with Crippen LogP contribution in [0.1, 0.15) is 27.2 Å². The Labute approximate surface area is 102 Å². The molecule has 0 spiro atoms. The molecule has 0 saturated carbocycles. The summed E-state index contributed by atoms with van der Waals surface area (Å²) in [6.45, 7) is 6.48. The number of piperidine rings is 1. The number of rotatable bonds is 2. The van der Waals surface area contributed by atoms with Gasteiger partial charge < -0.3 is 15.3 Å². The molecule has 1 saturated heterocycles. The predicted molar refractivity (Wildman–Crippen MR) is 64.6 cm³/mol. The van der Waals surface area contributed by atoms with Gasteiger partial charge in [0.1, 0.15) is 0 Å². The van der Waals surface area contributed by atoms with Gasteiger partial charge in [-0.1, -0.05) is 20.8 Å². The first-order chi connectivity index (χ1) is 7.75. The minimum atomic E-state index is -0.823. The van der Waals surface area contributed by atoms with E-state index in [-0.39, 0.29) is 11.9 Å². The summed E-state index contributed by atoms with van der Waals surface area (Å²) in [5, 5.41) is 12.2. The Morgan fingerprint density at radius 3 is 2.29 bits per heavy atom. The molecule has 2 atom stereocenters. The van der Waals surface area contributed by atoms with E-state index in [1.807, 2.05) is 20.8 Å². The van der Waals surface area contributed by atoms with Gasteiger partial charge in [0.05, 0.1) is 5.92 Å². The first kappa shape index (κ1) is 14.0. The van der Waals surface area contributed by atoms with E-state index in [0.29, 0.717) is 19.5 Å². The van der Waals surface area contributed by atoms with Gasteiger partial charge in [0, 0.05) is 24.5 Å². The quantitative estimate of drug-likeness (QED) is 0.742. The summed E-state index contributed by atoms with van der Waals surface area (Å²) in [7, 11) is 1.80. The monoisotopic (exact) mass is 242 g/mol. The van der Waals surface area contributed by atoms with Crippen LogP contribution in [0.2, 0.25) is 0 Å². The van der Waals surface area contributed by atoms with Crippen LogP contribution in [0.4, 0.5) is 0 Å². The summed E-state index contributed by atoms with van der Waals surface area (Å²) in [6.07, 6.45) is 0.583. The number of carbonyl (C=O) groups is 2. The highest BCUT2D eigenvalue weighted by molar-refractivity contribution is 5.82. The third-order valence-corrected chi connectivity index (χ3v) is 3.14. The second-order valence-corrected chi connectivity index (χ2v) is 5.72. The van der Waals surface area contributed by atoms with Crippen molar-refractivity contribution in [1.82, 2.24) is 10.2 Å². The third-order valence-electron chi connectivity index (χ3n) is 3.14. The number of amides is 1. The van der Waals surface area contributed by atoms with Gasteiger partial charge in [-0.05, 0) is 13.5 Å². The van der Waals surface area contributed by atoms with Crippen LogP contribution in [0, 0.1) is 11.3 Å². The molecule has 1 fully saturated rings. The van der Waals surface area contributed by atoms with E-state index in [1.54, 1.807) is 11.9 Å². The molecule has 1 aliphatic heterocycles. The molecular weight excluding hydrogens is 220 g/mol. The summed E-state index contributed by atoms with van der Waals surface area (Å²) in [5.74, 6) is -1.27. The average Bonchev–Trinajstić information content (AvgIpc) is 2.26. The third kappa shape index (κ3) is 3.43. The highest BCUT2D eigenvalue weighted by Gasteiger charge is 2.36. The highest BCUT2D eigenvalue weighted by atomic mass is 16.4. The van der Waals surface area contributed by atoms with Crippen LogP contribution in [0.15, 0.2) is 0 Å². The van der Waals surface area contributed by atoms with E-state index in [9.17, 15) is 9.59 Å². The molecule has 1 heterocycles. The van der Waals surface area contributed by atoms with Gasteiger partial charge in [-0.2, -0.15) is 0 Å². The van der Waals surface area contributed by atoms with Gasteiger partial charge in [0.25, 0.3) is 0 Å². The molecular formula is C12H22N2O3. The van der Waals surface area contributed by atoms with Crippen LogP contribution in [0.5, 0.6) is 0 Å². The van der Waals surface area contributed by atoms with Gasteiger partial charge in [-0.3, -0.25) is 9.59 Å². The van der Waals surface area contributed by atoms with Crippen molar-refractivity contribution in [2.24, 2.45) is 11.3 Å². The van der Waals surface area contributed by atoms with E-state index < -0.39 is 17.3 Å². The SMILES string of the molecule is CNC1CC(C(=O)O)CN(C(=O)C(C)(C)C)C1. The lowest BCUT2D eigenvalue weighted by Gasteiger charge is -2.39. The van der Waals surface area contributed by atoms with Crippen molar-refractivity contribution in [3.63, 3.8) is 0 Å². The summed E-state index contributed by atoms with van der Waals surface area (Å²) in [4.78, 5) is 24.9. The Morgan fingerprint density at radius 2 is 1.88 bits per heavy atom. The zero-order valence-corrected chi connectivity index (χ0v) is 11.0. The second-order valence-electron chi connectivity index (χ2n) is 5.72. The number of nitrogens with zero attached hydrogens (tertiary/aromatic N) is 1. The van der Waals surface area contributed by atoms with Gasteiger partial charge >= 0.3 is 5.97 Å². The first-order valence-electron chi connectivity index (χ1n) is 5.95. The molecule has 1 amide bonds. The minimum absolute atomic E-state index is 0.0173. The van der Waals surface area contributed by atoms with Crippen molar-refractivity contribution in [3.05, 3.63) is 0 Å². The smallest absolute Gasteiger partial charge is 0.308 e. The Bertz CT molecular complexity index is 309. The lowest BCUT2D eigenvalue weighted by molar-refractivity contribution is -0.149. The van der Waals surface area contributed by atoms with Gasteiger partial charge in [0.15, 0.2) is 0 Å². The van der Waals surface area contributed by atoms with Crippen LogP contribution in [-0.4, -0.2) is 48.1 Å². The van der Waals surface area contributed by atoms with Gasteiger partial charge in [0.2, 0.25) is 5.91 Å². The van der Waals surface area contributed by atoms with Crippen LogP contribution >= 0.6 is 0 Å². The van der Waals surface area contributed by atoms with Gasteiger partial charge in [-0.15, -0.1) is 0 Å². The van der Waals surface area contributed by atoms with Crippen LogP contribution in [0.25, 0.3) is 0 Å². The van der Waals surface area contributed by atoms with Crippen molar-refractivity contribution in [1.29, 1.82) is 0 Å². The molecule has 0 aliphatic carbocycles. The number of aliphatic carboxylic acids is 1. The Hall–Kier alpha value is -1.10. The van der Waals surface area contributed by atoms with Crippen LogP contribution in [-0.2, 0) is 9.59 Å². The Morgan fingerprint density at radius 1 is 1.29 bits per heavy atom. The van der Waals surface area contributed by atoms with E-state index in [0.717, 1.165) is 0 Å². The van der Waals surface area contributed by atoms with Crippen molar-refractivity contribution in [2.45, 2.75) is 33.2 Å². The number of carboxylic acid groups (broad SMARTS) is 1. The van der Waals surface area contributed by atoms with E-state index in [1.165, 1.54) is 0 Å². The standard InChI is InChI=1S/C12H22N2O3/c1-12(2,3)11(17)14-6-8(10(15)16)5-9(7-14)13-4/h8-9,13H,5-7H2,1-4H3,(H,15,16). The summed E-state index contributed by atoms with van der Waals surface area (Å²) in [5.41, 5.74) is -0.460. The molecule has 0 aromatic heterocycles. The van der Waals surface area contributed by atoms with E-state index >= 15 is 0 Å². The second kappa shape index (κ2) is 5.04. The predicted octanol–water partition coefficient (Wildman–Crippen LogP) is 0.554. The maximum Gasteiger partial charge on any atom is 0.308 e. The topological polar surface area (TPSA) is 69.6 Å². The van der Waals surface area contributed by atoms with Crippen LogP contribution < -0.4 is 5.32 Å². The molecule has 5 nitrogen and oxygen atoms in total. The Kier molecular flexibility index (Phi) is 4.14. The fraction of sp³-hybridized carbons (Fsp3) is 0.833. The molecule has 17 heavy (non-hydrogen) atoms. The molecule has 2 N–H and O–H groups in total. The molecule has 98 valence electrons. The normalized spacial score (nSPS) is 25.8. The number of hydrogen-bond donors (Lipinski definition) is 2. The molecule has 0 bridgehead atoms. The summed E-state index contributed by atoms with van der Waals surface area (Å²) >= 11 is 0. The average molecular weight is 242 g/mol. The molecule has 5 heteroatoms. The first-order valence-corrected chi connectivity index (χ1v) is 5.95. The zero-order valence-electron chi connectivity index (χ0n) is 11.0. The highest BCUT2D eigenvalue weighted by Crippen LogP contribution is 2.23. The molecule has 0 radical (unpaired) electrons. The largest absolute Gasteiger partial charge is 0.481 e. The van der Waals surface area contributed by atoms with E-state index in [4.69, 9.17) is 5.11 Å². The number of nitrogens with one attached hydrogen (secondary N) is 1.